The predicted molar refractivity (Wildman–Crippen MR) is 114 cm³/mol. The van der Waals surface area contributed by atoms with Gasteiger partial charge in [0.25, 0.3) is 0 Å². The third-order valence-corrected chi connectivity index (χ3v) is 5.25. The van der Waals surface area contributed by atoms with Crippen molar-refractivity contribution in [3.63, 3.8) is 0 Å². The summed E-state index contributed by atoms with van der Waals surface area (Å²) in [6.07, 6.45) is 0.835. The van der Waals surface area contributed by atoms with Gasteiger partial charge in [-0.15, -0.1) is 0 Å². The molecule has 0 saturated carbocycles. The fourth-order valence-electron chi connectivity index (χ4n) is 3.90. The largest absolute Gasteiger partial charge is 0.497 e. The Morgan fingerprint density at radius 1 is 0.893 bits per heavy atom. The van der Waals surface area contributed by atoms with E-state index in [1.54, 1.807) is 7.11 Å². The number of nitrogens with one attached hydrogen (secondary N) is 1. The van der Waals surface area contributed by atoms with E-state index >= 15 is 0 Å². The van der Waals surface area contributed by atoms with Crippen LogP contribution in [0.1, 0.15) is 22.5 Å². The van der Waals surface area contributed by atoms with Crippen molar-refractivity contribution in [3.05, 3.63) is 77.1 Å². The molecule has 0 bridgehead atoms. The van der Waals surface area contributed by atoms with Crippen molar-refractivity contribution in [3.8, 4) is 16.9 Å². The smallest absolute Gasteiger partial charge is 0.119 e. The molecular formula is C24H21N3O. The summed E-state index contributed by atoms with van der Waals surface area (Å²) < 4.78 is 5.42. The lowest BCUT2D eigenvalue weighted by atomic mass is 9.98. The summed E-state index contributed by atoms with van der Waals surface area (Å²) in [4.78, 5) is 12.7. The molecule has 4 heteroatoms. The van der Waals surface area contributed by atoms with Crippen molar-refractivity contribution < 1.29 is 4.74 Å². The minimum Gasteiger partial charge on any atom is -0.497 e. The number of aryl methyl sites for hydroxylation is 2. The van der Waals surface area contributed by atoms with E-state index in [4.69, 9.17) is 9.73 Å². The summed E-state index contributed by atoms with van der Waals surface area (Å²) in [7, 11) is 1.70. The first-order valence-electron chi connectivity index (χ1n) is 9.42. The summed E-state index contributed by atoms with van der Waals surface area (Å²) in [5.41, 5.74) is 10.2. The number of aromatic nitrogens is 2. The molecule has 1 aromatic heterocycles. The van der Waals surface area contributed by atoms with Gasteiger partial charge >= 0.3 is 0 Å². The minimum absolute atomic E-state index is 0.835. The standard InChI is InChI=1S/C24H21N3O/c1-14-8-18(11-20(9-14)28-3)23-13-19-10-16(4-6-21(19)27-23)17-5-7-22-24(12-17)26-15(2)25-22/h4-12H,13H2,1-3H3,(H,25,26). The first-order chi connectivity index (χ1) is 13.6. The van der Waals surface area contributed by atoms with E-state index in [0.29, 0.717) is 0 Å². The fourth-order valence-corrected chi connectivity index (χ4v) is 3.90. The zero-order valence-electron chi connectivity index (χ0n) is 16.2. The first-order valence-corrected chi connectivity index (χ1v) is 9.42. The number of methoxy groups -OCH3 is 1. The van der Waals surface area contributed by atoms with Crippen LogP contribution < -0.4 is 4.74 Å². The summed E-state index contributed by atoms with van der Waals surface area (Å²) in [5.74, 6) is 1.81. The second-order valence-electron chi connectivity index (χ2n) is 7.37. The fraction of sp³-hybridized carbons (Fsp3) is 0.167. The normalized spacial score (nSPS) is 12.9. The number of H-pyrrole nitrogens is 1. The number of fused-ring (bicyclic) bond motifs is 2. The van der Waals surface area contributed by atoms with E-state index in [1.165, 1.54) is 22.3 Å². The highest BCUT2D eigenvalue weighted by atomic mass is 16.5. The summed E-state index contributed by atoms with van der Waals surface area (Å²) in [5, 5.41) is 0. The van der Waals surface area contributed by atoms with Crippen LogP contribution in [0.5, 0.6) is 5.75 Å². The topological polar surface area (TPSA) is 50.3 Å². The lowest BCUT2D eigenvalue weighted by Gasteiger charge is -2.07. The molecule has 3 aromatic carbocycles. The highest BCUT2D eigenvalue weighted by Gasteiger charge is 2.18. The molecule has 138 valence electrons. The van der Waals surface area contributed by atoms with Crippen molar-refractivity contribution in [1.29, 1.82) is 0 Å². The molecule has 0 spiro atoms. The Hall–Kier alpha value is -3.40. The van der Waals surface area contributed by atoms with Crippen LogP contribution in [0.15, 0.2) is 59.6 Å². The zero-order valence-corrected chi connectivity index (χ0v) is 16.2. The maximum Gasteiger partial charge on any atom is 0.119 e. The molecular weight excluding hydrogens is 346 g/mol. The van der Waals surface area contributed by atoms with Gasteiger partial charge in [0.15, 0.2) is 0 Å². The van der Waals surface area contributed by atoms with E-state index in [1.807, 2.05) is 13.0 Å². The Morgan fingerprint density at radius 2 is 1.71 bits per heavy atom. The van der Waals surface area contributed by atoms with Crippen LogP contribution in [0.2, 0.25) is 0 Å². The highest BCUT2D eigenvalue weighted by Crippen LogP contribution is 2.34. The lowest BCUT2D eigenvalue weighted by Crippen LogP contribution is -2.01. The second-order valence-corrected chi connectivity index (χ2v) is 7.37. The SMILES string of the molecule is COc1cc(C)cc(C2=Nc3ccc(-c4ccc5nc(C)[nH]c5c4)cc3C2)c1. The Labute approximate surface area is 163 Å². The molecule has 28 heavy (non-hydrogen) atoms. The molecule has 0 aliphatic carbocycles. The van der Waals surface area contributed by atoms with Crippen LogP contribution in [0, 0.1) is 13.8 Å². The van der Waals surface area contributed by atoms with Gasteiger partial charge in [0.1, 0.15) is 11.6 Å². The van der Waals surface area contributed by atoms with Gasteiger partial charge in [0.05, 0.1) is 29.5 Å². The Balaban J connectivity index is 1.48. The average molecular weight is 367 g/mol. The maximum absolute atomic E-state index is 5.42. The van der Waals surface area contributed by atoms with Crippen LogP contribution in [0.3, 0.4) is 0 Å². The molecule has 1 aliphatic rings. The van der Waals surface area contributed by atoms with Gasteiger partial charge in [0, 0.05) is 12.0 Å². The van der Waals surface area contributed by atoms with E-state index in [9.17, 15) is 0 Å². The van der Waals surface area contributed by atoms with Crippen molar-refractivity contribution in [2.75, 3.05) is 7.11 Å². The van der Waals surface area contributed by atoms with Crippen LogP contribution in [-0.4, -0.2) is 22.8 Å². The molecule has 1 N–H and O–H groups in total. The van der Waals surface area contributed by atoms with E-state index < -0.39 is 0 Å². The number of benzene rings is 3. The van der Waals surface area contributed by atoms with E-state index in [2.05, 4.69) is 65.4 Å². The maximum atomic E-state index is 5.42. The molecule has 0 atom stereocenters. The van der Waals surface area contributed by atoms with Gasteiger partial charge in [0.2, 0.25) is 0 Å². The van der Waals surface area contributed by atoms with Crippen molar-refractivity contribution in [2.24, 2.45) is 4.99 Å². The Kier molecular flexibility index (Phi) is 3.79. The number of hydrogen-bond donors (Lipinski definition) is 1. The number of aliphatic imine (C=N–C) groups is 1. The number of ether oxygens (including phenoxy) is 1. The summed E-state index contributed by atoms with van der Waals surface area (Å²) in [6, 6.07) is 19.2. The second kappa shape index (κ2) is 6.34. The van der Waals surface area contributed by atoms with Gasteiger partial charge in [-0.3, -0.25) is 4.99 Å². The summed E-state index contributed by atoms with van der Waals surface area (Å²) >= 11 is 0. The Bertz CT molecular complexity index is 1250. The predicted octanol–water partition coefficient (Wildman–Crippen LogP) is 5.53. The van der Waals surface area contributed by atoms with Crippen molar-refractivity contribution in [2.45, 2.75) is 20.3 Å². The first kappa shape index (κ1) is 16.8. The van der Waals surface area contributed by atoms with E-state index in [0.717, 1.165) is 46.0 Å². The van der Waals surface area contributed by atoms with Crippen LogP contribution >= 0.6 is 0 Å². The number of nitrogens with zero attached hydrogens (tertiary/aromatic N) is 2. The molecule has 4 nitrogen and oxygen atoms in total. The third kappa shape index (κ3) is 2.87. The lowest BCUT2D eigenvalue weighted by molar-refractivity contribution is 0.414. The molecule has 0 fully saturated rings. The monoisotopic (exact) mass is 367 g/mol. The average Bonchev–Trinajstić information content (AvgIpc) is 3.28. The number of rotatable bonds is 3. The highest BCUT2D eigenvalue weighted by molar-refractivity contribution is 6.07. The van der Waals surface area contributed by atoms with Gasteiger partial charge in [-0.1, -0.05) is 12.1 Å². The number of hydrogen-bond acceptors (Lipinski definition) is 3. The number of aromatic amines is 1. The van der Waals surface area contributed by atoms with Gasteiger partial charge in [-0.05, 0) is 78.6 Å². The molecule has 4 aromatic rings. The van der Waals surface area contributed by atoms with Crippen molar-refractivity contribution >= 4 is 22.4 Å². The number of imidazole rings is 1. The van der Waals surface area contributed by atoms with Gasteiger partial charge < -0.3 is 9.72 Å². The molecule has 0 amide bonds. The molecule has 5 rings (SSSR count). The van der Waals surface area contributed by atoms with Gasteiger partial charge in [-0.2, -0.15) is 0 Å². The summed E-state index contributed by atoms with van der Waals surface area (Å²) in [6.45, 7) is 4.06. The third-order valence-electron chi connectivity index (χ3n) is 5.25. The molecule has 0 radical (unpaired) electrons. The quantitative estimate of drug-likeness (QED) is 0.517. The zero-order chi connectivity index (χ0) is 19.3. The molecule has 2 heterocycles. The minimum atomic E-state index is 0.835. The van der Waals surface area contributed by atoms with E-state index in [-0.39, 0.29) is 0 Å². The van der Waals surface area contributed by atoms with Crippen LogP contribution in [-0.2, 0) is 6.42 Å². The van der Waals surface area contributed by atoms with Gasteiger partial charge in [-0.25, -0.2) is 4.98 Å². The Morgan fingerprint density at radius 3 is 2.57 bits per heavy atom. The molecule has 0 unspecified atom stereocenters. The molecule has 0 saturated heterocycles. The van der Waals surface area contributed by atoms with Crippen LogP contribution in [0.25, 0.3) is 22.2 Å². The van der Waals surface area contributed by atoms with Crippen molar-refractivity contribution in [1.82, 2.24) is 9.97 Å². The van der Waals surface area contributed by atoms with Crippen LogP contribution in [0.4, 0.5) is 5.69 Å². The molecule has 1 aliphatic heterocycles.